The molecule has 0 bridgehead atoms. The van der Waals surface area contributed by atoms with Crippen LogP contribution in [0.3, 0.4) is 0 Å². The SMILES string of the molecule is O=[C-]c1ccccc1.O=[C-]c1ccccc1S(=O)(=O)O.[Ni+2]. The summed E-state index contributed by atoms with van der Waals surface area (Å²) >= 11 is 0. The van der Waals surface area contributed by atoms with Gasteiger partial charge in [0.1, 0.15) is 0 Å². The van der Waals surface area contributed by atoms with Gasteiger partial charge in [0.25, 0.3) is 0 Å². The number of hydrogen-bond donors (Lipinski definition) is 1. The van der Waals surface area contributed by atoms with Crippen LogP contribution in [-0.2, 0) is 36.2 Å². The Morgan fingerprint density at radius 2 is 1.33 bits per heavy atom. The average molecular weight is 349 g/mol. The summed E-state index contributed by atoms with van der Waals surface area (Å²) in [5.74, 6) is 0. The van der Waals surface area contributed by atoms with Gasteiger partial charge in [-0.2, -0.15) is 23.8 Å². The van der Waals surface area contributed by atoms with E-state index < -0.39 is 15.0 Å². The Bertz CT molecular complexity index is 684. The van der Waals surface area contributed by atoms with Gasteiger partial charge in [-0.1, -0.05) is 18.2 Å². The minimum Gasteiger partial charge on any atom is -0.376 e. The Morgan fingerprint density at radius 1 is 0.810 bits per heavy atom. The van der Waals surface area contributed by atoms with Crippen LogP contribution in [0.4, 0.5) is 0 Å². The van der Waals surface area contributed by atoms with E-state index in [-0.39, 0.29) is 22.1 Å². The van der Waals surface area contributed by atoms with Gasteiger partial charge in [-0.3, -0.25) is 4.55 Å². The van der Waals surface area contributed by atoms with Gasteiger partial charge in [0, 0.05) is 0 Å². The zero-order valence-corrected chi connectivity index (χ0v) is 12.3. The molecule has 2 rings (SSSR count). The van der Waals surface area contributed by atoms with Crippen LogP contribution >= 0.6 is 0 Å². The summed E-state index contributed by atoms with van der Waals surface area (Å²) in [4.78, 5) is 19.6. The molecule has 0 spiro atoms. The predicted molar refractivity (Wildman–Crippen MR) is 72.3 cm³/mol. The molecule has 7 heteroatoms. The quantitative estimate of drug-likeness (QED) is 0.516. The van der Waals surface area contributed by atoms with E-state index in [4.69, 9.17) is 4.55 Å². The van der Waals surface area contributed by atoms with Crippen LogP contribution in [0.1, 0.15) is 11.1 Å². The molecule has 0 saturated heterocycles. The Labute approximate surface area is 132 Å². The van der Waals surface area contributed by atoms with E-state index in [0.29, 0.717) is 5.56 Å². The van der Waals surface area contributed by atoms with Gasteiger partial charge >= 0.3 is 16.5 Å². The molecule has 0 aromatic heterocycles. The van der Waals surface area contributed by atoms with Crippen LogP contribution in [0.15, 0.2) is 59.5 Å². The van der Waals surface area contributed by atoms with Gasteiger partial charge in [0.15, 0.2) is 0 Å². The number of benzene rings is 2. The summed E-state index contributed by atoms with van der Waals surface area (Å²) < 4.78 is 29.8. The van der Waals surface area contributed by atoms with Crippen LogP contribution in [0.5, 0.6) is 0 Å². The fourth-order valence-electron chi connectivity index (χ4n) is 1.28. The maximum atomic E-state index is 10.6. The van der Waals surface area contributed by atoms with Crippen molar-refractivity contribution < 1.29 is 39.1 Å². The van der Waals surface area contributed by atoms with Crippen molar-refractivity contribution in [1.29, 1.82) is 0 Å². The Hall–Kier alpha value is -1.82. The van der Waals surface area contributed by atoms with Gasteiger partial charge in [-0.15, -0.1) is 23.8 Å². The molecule has 0 aliphatic heterocycles. The fourth-order valence-corrected chi connectivity index (χ4v) is 1.92. The zero-order chi connectivity index (χ0) is 15.0. The monoisotopic (exact) mass is 348 g/mol. The van der Waals surface area contributed by atoms with Crippen molar-refractivity contribution in [2.45, 2.75) is 4.90 Å². The molecule has 21 heavy (non-hydrogen) atoms. The number of carbonyl (C=O) groups excluding carboxylic acids is 2. The average Bonchev–Trinajstić information content (AvgIpc) is 2.48. The minimum atomic E-state index is -4.31. The van der Waals surface area contributed by atoms with Gasteiger partial charge < -0.3 is 9.59 Å². The standard InChI is InChI=1S/C7H5O4S.C7H5O.Ni/c8-5-6-3-1-2-4-7(6)12(9,10)11;8-6-7-4-2-1-3-5-7;/h1-4H,(H,9,10,11);1-5H;/q2*-1;+2. The van der Waals surface area contributed by atoms with E-state index in [2.05, 4.69) is 0 Å². The van der Waals surface area contributed by atoms with Crippen molar-refractivity contribution in [2.24, 2.45) is 0 Å². The first-order valence-corrected chi connectivity index (χ1v) is 6.81. The second-order valence-electron chi connectivity index (χ2n) is 3.54. The summed E-state index contributed by atoms with van der Waals surface area (Å²) in [6, 6.07) is 14.2. The molecule has 0 radical (unpaired) electrons. The van der Waals surface area contributed by atoms with Gasteiger partial charge in [0.2, 0.25) is 10.1 Å². The summed E-state index contributed by atoms with van der Waals surface area (Å²) in [6.07, 6.45) is 3.19. The van der Waals surface area contributed by atoms with E-state index in [1.54, 1.807) is 30.6 Å². The molecule has 112 valence electrons. The molecule has 0 unspecified atom stereocenters. The largest absolute Gasteiger partial charge is 2.00 e. The van der Waals surface area contributed by atoms with Crippen LogP contribution in [-0.4, -0.2) is 25.5 Å². The van der Waals surface area contributed by atoms with Crippen LogP contribution < -0.4 is 0 Å². The van der Waals surface area contributed by atoms with Crippen molar-refractivity contribution in [3.63, 3.8) is 0 Å². The van der Waals surface area contributed by atoms with E-state index >= 15 is 0 Å². The second-order valence-corrected chi connectivity index (χ2v) is 4.93. The van der Waals surface area contributed by atoms with Gasteiger partial charge in [0.05, 0.1) is 12.6 Å². The Balaban J connectivity index is 0.000000390. The van der Waals surface area contributed by atoms with Crippen molar-refractivity contribution in [1.82, 2.24) is 0 Å². The Kier molecular flexibility index (Phi) is 8.39. The molecule has 0 atom stereocenters. The summed E-state index contributed by atoms with van der Waals surface area (Å²) in [5, 5.41) is 0. The van der Waals surface area contributed by atoms with Crippen LogP contribution in [0.25, 0.3) is 0 Å². The van der Waals surface area contributed by atoms with E-state index in [0.717, 1.165) is 6.07 Å². The molecule has 0 amide bonds. The van der Waals surface area contributed by atoms with Gasteiger partial charge in [-0.05, 0) is 4.90 Å². The van der Waals surface area contributed by atoms with Crippen LogP contribution in [0.2, 0.25) is 0 Å². The van der Waals surface area contributed by atoms with Crippen molar-refractivity contribution >= 4 is 22.7 Å². The molecular weight excluding hydrogens is 339 g/mol. The normalized spacial score (nSPS) is 9.57. The smallest absolute Gasteiger partial charge is 0.376 e. The number of hydrogen-bond acceptors (Lipinski definition) is 4. The van der Waals surface area contributed by atoms with Crippen molar-refractivity contribution in [2.75, 3.05) is 0 Å². The third kappa shape index (κ3) is 6.44. The van der Waals surface area contributed by atoms with E-state index in [9.17, 15) is 18.0 Å². The predicted octanol–water partition coefficient (Wildman–Crippen LogP) is 1.53. The van der Waals surface area contributed by atoms with Crippen LogP contribution in [0, 0.1) is 0 Å². The van der Waals surface area contributed by atoms with E-state index in [1.165, 1.54) is 24.5 Å². The maximum Gasteiger partial charge on any atom is 2.00 e. The summed E-state index contributed by atoms with van der Waals surface area (Å²) in [6.45, 7) is 0. The summed E-state index contributed by atoms with van der Waals surface area (Å²) in [7, 11) is -4.31. The number of rotatable bonds is 3. The molecule has 0 heterocycles. The fraction of sp³-hybridized carbons (Fsp3) is 0. The molecule has 2 aromatic rings. The Morgan fingerprint density at radius 3 is 1.71 bits per heavy atom. The summed E-state index contributed by atoms with van der Waals surface area (Å²) in [5.41, 5.74) is 0.438. The molecule has 0 aliphatic rings. The van der Waals surface area contributed by atoms with E-state index in [1.807, 2.05) is 6.07 Å². The molecule has 0 saturated carbocycles. The van der Waals surface area contributed by atoms with Crippen molar-refractivity contribution in [3.05, 3.63) is 65.7 Å². The topological polar surface area (TPSA) is 88.5 Å². The molecule has 2 aromatic carbocycles. The molecule has 0 fully saturated rings. The third-order valence-corrected chi connectivity index (χ3v) is 3.08. The molecular formula is C14H10NiO5S. The molecule has 0 aliphatic carbocycles. The minimum absolute atomic E-state index is 0. The zero-order valence-electron chi connectivity index (χ0n) is 10.5. The second kappa shape index (κ2) is 9.18. The maximum absolute atomic E-state index is 10.6. The first kappa shape index (κ1) is 19.2. The third-order valence-electron chi connectivity index (χ3n) is 2.17. The first-order chi connectivity index (χ1) is 9.49. The first-order valence-electron chi connectivity index (χ1n) is 5.37. The molecule has 1 N–H and O–H groups in total. The van der Waals surface area contributed by atoms with Gasteiger partial charge in [-0.25, -0.2) is 8.42 Å². The molecule has 5 nitrogen and oxygen atoms in total. The van der Waals surface area contributed by atoms with Crippen molar-refractivity contribution in [3.8, 4) is 0 Å².